The molecule has 1 N–H and O–H groups in total. The Bertz CT molecular complexity index is 1110. The summed E-state index contributed by atoms with van der Waals surface area (Å²) in [5.74, 6) is 2.09. The van der Waals surface area contributed by atoms with E-state index in [1.54, 1.807) is 18.6 Å². The lowest BCUT2D eigenvalue weighted by atomic mass is 10.1. The molecule has 2 aromatic carbocycles. The molecule has 3 heterocycles. The van der Waals surface area contributed by atoms with Crippen molar-refractivity contribution < 1.29 is 4.74 Å². The van der Waals surface area contributed by atoms with Crippen LogP contribution < -0.4 is 9.64 Å². The van der Waals surface area contributed by atoms with Crippen LogP contribution in [0.5, 0.6) is 5.75 Å². The fraction of sp³-hybridized carbons (Fsp3) is 0.348. The maximum atomic E-state index is 5.38. The van der Waals surface area contributed by atoms with E-state index >= 15 is 0 Å². The highest BCUT2D eigenvalue weighted by molar-refractivity contribution is 7.13. The third kappa shape index (κ3) is 3.70. The Morgan fingerprint density at radius 3 is 2.79 bits per heavy atom. The zero-order valence-corrected chi connectivity index (χ0v) is 17.5. The van der Waals surface area contributed by atoms with E-state index in [0.29, 0.717) is 0 Å². The molecule has 0 unspecified atom stereocenters. The van der Waals surface area contributed by atoms with E-state index in [9.17, 15) is 0 Å². The summed E-state index contributed by atoms with van der Waals surface area (Å²) in [5, 5.41) is 2.57. The average Bonchev–Trinajstić information content (AvgIpc) is 3.38. The molecule has 150 valence electrons. The molecule has 1 aliphatic heterocycles. The molecule has 0 aliphatic carbocycles. The molecule has 5 rings (SSSR count). The van der Waals surface area contributed by atoms with Crippen LogP contribution in [0, 0.1) is 0 Å². The normalized spacial score (nSPS) is 15.4. The van der Waals surface area contributed by atoms with Crippen molar-refractivity contribution in [3.8, 4) is 5.75 Å². The summed E-state index contributed by atoms with van der Waals surface area (Å²) in [4.78, 5) is 8.41. The molecule has 6 heteroatoms. The molecule has 1 saturated heterocycles. The summed E-state index contributed by atoms with van der Waals surface area (Å²) in [6.45, 7) is 5.46. The number of anilines is 1. The molecule has 1 fully saturated rings. The van der Waals surface area contributed by atoms with Crippen LogP contribution in [0.2, 0.25) is 0 Å². The van der Waals surface area contributed by atoms with Crippen LogP contribution in [0.15, 0.2) is 48.7 Å². The predicted octanol–water partition coefficient (Wildman–Crippen LogP) is 4.54. The van der Waals surface area contributed by atoms with Gasteiger partial charge in [0.2, 0.25) is 0 Å². The second-order valence-electron chi connectivity index (χ2n) is 7.66. The average molecular weight is 407 g/mol. The highest BCUT2D eigenvalue weighted by atomic mass is 32.1. The number of hydrogen-bond acceptors (Lipinski definition) is 5. The number of aryl methyl sites for hydroxylation is 1. The smallest absolute Gasteiger partial charge is 0.150 e. The lowest BCUT2D eigenvalue weighted by Crippen LogP contribution is -2.46. The topological polar surface area (TPSA) is 44.4 Å². The van der Waals surface area contributed by atoms with Gasteiger partial charge in [-0.05, 0) is 66.8 Å². The molecular formula is C23H26N4OS. The number of H-pyrrole nitrogens is 1. The molecule has 0 bridgehead atoms. The Labute approximate surface area is 175 Å². The van der Waals surface area contributed by atoms with Crippen molar-refractivity contribution >= 4 is 38.3 Å². The van der Waals surface area contributed by atoms with E-state index in [4.69, 9.17) is 9.11 Å². The molecule has 0 saturated carbocycles. The van der Waals surface area contributed by atoms with Gasteiger partial charge in [0.15, 0.2) is 0 Å². The lowest BCUT2D eigenvalue weighted by molar-refractivity contribution is 0.255. The molecular weight excluding hydrogens is 380 g/mol. The molecule has 2 aromatic heterocycles. The van der Waals surface area contributed by atoms with Crippen LogP contribution in [0.3, 0.4) is 0 Å². The first-order chi connectivity index (χ1) is 14.3. The van der Waals surface area contributed by atoms with Gasteiger partial charge in [0, 0.05) is 48.7 Å². The number of aromatic nitrogens is 2. The number of aromatic amines is 1. The van der Waals surface area contributed by atoms with Crippen LogP contribution in [-0.4, -0.2) is 54.1 Å². The maximum Gasteiger partial charge on any atom is 0.150 e. The fourth-order valence-corrected chi connectivity index (χ4v) is 5.06. The molecule has 0 radical (unpaired) electrons. The second-order valence-corrected chi connectivity index (χ2v) is 8.46. The van der Waals surface area contributed by atoms with Gasteiger partial charge in [0.05, 0.1) is 11.8 Å². The summed E-state index contributed by atoms with van der Waals surface area (Å²) in [5.41, 5.74) is 2.57. The van der Waals surface area contributed by atoms with Gasteiger partial charge in [-0.1, -0.05) is 12.1 Å². The van der Waals surface area contributed by atoms with E-state index in [1.165, 1.54) is 33.0 Å². The van der Waals surface area contributed by atoms with Crippen molar-refractivity contribution in [1.82, 2.24) is 14.3 Å². The van der Waals surface area contributed by atoms with Crippen LogP contribution in [0.25, 0.3) is 21.0 Å². The SMILES string of the molecule is COc1ccc2[nH]cc(CCCN3CCN(c4nsc5ccccc45)CC3)c2c1. The van der Waals surface area contributed by atoms with Crippen molar-refractivity contribution in [1.29, 1.82) is 0 Å². The van der Waals surface area contributed by atoms with E-state index < -0.39 is 0 Å². The summed E-state index contributed by atoms with van der Waals surface area (Å²) in [6.07, 6.45) is 4.41. The molecule has 29 heavy (non-hydrogen) atoms. The summed E-state index contributed by atoms with van der Waals surface area (Å²) < 4.78 is 11.4. The minimum Gasteiger partial charge on any atom is -0.497 e. The fourth-order valence-electron chi connectivity index (χ4n) is 4.27. The number of rotatable bonds is 6. The van der Waals surface area contributed by atoms with Gasteiger partial charge in [0.25, 0.3) is 0 Å². The van der Waals surface area contributed by atoms with E-state index in [0.717, 1.165) is 50.7 Å². The minimum absolute atomic E-state index is 0.920. The summed E-state index contributed by atoms with van der Waals surface area (Å²) in [7, 11) is 1.72. The number of fused-ring (bicyclic) bond motifs is 2. The second kappa shape index (κ2) is 8.05. The zero-order valence-electron chi connectivity index (χ0n) is 16.7. The van der Waals surface area contributed by atoms with Crippen molar-refractivity contribution in [3.05, 3.63) is 54.2 Å². The Kier molecular flexibility index (Phi) is 5.12. The summed E-state index contributed by atoms with van der Waals surface area (Å²) >= 11 is 1.61. The van der Waals surface area contributed by atoms with Crippen LogP contribution in [0.1, 0.15) is 12.0 Å². The predicted molar refractivity (Wildman–Crippen MR) is 121 cm³/mol. The van der Waals surface area contributed by atoms with Gasteiger partial charge >= 0.3 is 0 Å². The minimum atomic E-state index is 0.920. The quantitative estimate of drug-likeness (QED) is 0.511. The number of hydrogen-bond donors (Lipinski definition) is 1. The van der Waals surface area contributed by atoms with Gasteiger partial charge in [-0.3, -0.25) is 4.90 Å². The molecule has 4 aromatic rings. The molecule has 0 spiro atoms. The maximum absolute atomic E-state index is 5.38. The lowest BCUT2D eigenvalue weighted by Gasteiger charge is -2.35. The van der Waals surface area contributed by atoms with Gasteiger partial charge in [-0.25, -0.2) is 0 Å². The monoisotopic (exact) mass is 406 g/mol. The first-order valence-corrected chi connectivity index (χ1v) is 11.0. The first-order valence-electron chi connectivity index (χ1n) is 10.3. The number of nitrogens with zero attached hydrogens (tertiary/aromatic N) is 3. The molecule has 0 amide bonds. The van der Waals surface area contributed by atoms with E-state index in [2.05, 4.69) is 57.4 Å². The Morgan fingerprint density at radius 1 is 1.07 bits per heavy atom. The molecule has 0 atom stereocenters. The van der Waals surface area contributed by atoms with Crippen LogP contribution in [-0.2, 0) is 6.42 Å². The highest BCUT2D eigenvalue weighted by Crippen LogP contribution is 2.30. The number of nitrogens with one attached hydrogen (secondary N) is 1. The largest absolute Gasteiger partial charge is 0.497 e. The third-order valence-electron chi connectivity index (χ3n) is 5.93. The van der Waals surface area contributed by atoms with E-state index in [-0.39, 0.29) is 0 Å². The number of benzene rings is 2. The molecule has 5 nitrogen and oxygen atoms in total. The Balaban J connectivity index is 1.16. The van der Waals surface area contributed by atoms with Crippen LogP contribution >= 0.6 is 11.5 Å². The van der Waals surface area contributed by atoms with Crippen molar-refractivity contribution in [2.24, 2.45) is 0 Å². The third-order valence-corrected chi connectivity index (χ3v) is 6.74. The van der Waals surface area contributed by atoms with Gasteiger partial charge < -0.3 is 14.6 Å². The zero-order chi connectivity index (χ0) is 19.6. The highest BCUT2D eigenvalue weighted by Gasteiger charge is 2.20. The first kappa shape index (κ1) is 18.5. The van der Waals surface area contributed by atoms with Gasteiger partial charge in [-0.15, -0.1) is 0 Å². The van der Waals surface area contributed by atoms with Gasteiger partial charge in [0.1, 0.15) is 11.6 Å². The van der Waals surface area contributed by atoms with E-state index in [1.807, 2.05) is 6.07 Å². The van der Waals surface area contributed by atoms with Gasteiger partial charge in [-0.2, -0.15) is 4.37 Å². The Morgan fingerprint density at radius 2 is 1.93 bits per heavy atom. The molecule has 1 aliphatic rings. The van der Waals surface area contributed by atoms with Crippen LogP contribution in [0.4, 0.5) is 5.82 Å². The van der Waals surface area contributed by atoms with Crippen molar-refractivity contribution in [2.75, 3.05) is 44.7 Å². The summed E-state index contributed by atoms with van der Waals surface area (Å²) in [6, 6.07) is 14.8. The standard InChI is InChI=1S/C23H26N4OS/c1-28-18-8-9-21-20(15-18)17(16-24-21)5-4-10-26-11-13-27(14-12-26)23-19-6-2-3-7-22(19)29-25-23/h2-3,6-9,15-16,24H,4-5,10-14H2,1H3. The van der Waals surface area contributed by atoms with Crippen molar-refractivity contribution in [3.63, 3.8) is 0 Å². The Hall–Kier alpha value is -2.57. The number of piperazine rings is 1. The number of ether oxygens (including phenoxy) is 1. The number of methoxy groups -OCH3 is 1. The van der Waals surface area contributed by atoms with Crippen molar-refractivity contribution in [2.45, 2.75) is 12.8 Å².